The molecule has 0 spiro atoms. The Morgan fingerprint density at radius 2 is 1.30 bits per heavy atom. The molecule has 0 aliphatic carbocycles. The highest BCUT2D eigenvalue weighted by Crippen LogP contribution is 2.23. The molecule has 23 heavy (non-hydrogen) atoms. The third-order valence-corrected chi connectivity index (χ3v) is 14.0. The molecule has 0 amide bonds. The Kier molecular flexibility index (Phi) is 6.97. The smallest absolute Gasteiger partial charge is 0.416 e. The van der Waals surface area contributed by atoms with E-state index in [1.54, 1.807) is 0 Å². The Bertz CT molecular complexity index is 500. The van der Waals surface area contributed by atoms with E-state index >= 15 is 0 Å². The summed E-state index contributed by atoms with van der Waals surface area (Å²) in [7, 11) is -7.87. The lowest BCUT2D eigenvalue weighted by Gasteiger charge is -2.40. The Morgan fingerprint density at radius 3 is 1.61 bits per heavy atom. The van der Waals surface area contributed by atoms with Gasteiger partial charge >= 0.3 is 8.80 Å². The van der Waals surface area contributed by atoms with Gasteiger partial charge in [-0.25, -0.2) is 0 Å². The zero-order chi connectivity index (χ0) is 17.9. The van der Waals surface area contributed by atoms with Crippen molar-refractivity contribution in [1.29, 1.82) is 0 Å². The van der Waals surface area contributed by atoms with Crippen LogP contribution in [0, 0.1) is 0 Å². The molecule has 0 bridgehead atoms. The third-order valence-electron chi connectivity index (χ3n) is 2.77. The van der Waals surface area contributed by atoms with Crippen LogP contribution < -0.4 is 5.19 Å². The van der Waals surface area contributed by atoms with Gasteiger partial charge in [0, 0.05) is 5.19 Å². The molecule has 0 aliphatic rings. The highest BCUT2D eigenvalue weighted by atomic mass is 28.5. The first-order valence-electron chi connectivity index (χ1n) is 8.18. The number of hydrogen-bond acceptors (Lipinski definition) is 3. The maximum absolute atomic E-state index is 6.65. The van der Waals surface area contributed by atoms with Crippen LogP contribution >= 0.6 is 0 Å². The van der Waals surface area contributed by atoms with Crippen LogP contribution in [0.5, 0.6) is 0 Å². The Hall–Kier alpha value is -0.292. The first-order valence-corrected chi connectivity index (χ1v) is 19.5. The molecular weight excluding hydrogens is 353 g/mol. The normalized spacial score (nSPS) is 13.4. The molecule has 130 valence electrons. The van der Waals surface area contributed by atoms with Crippen LogP contribution in [0.4, 0.5) is 0 Å². The summed E-state index contributed by atoms with van der Waals surface area (Å²) < 4.78 is 19.8. The van der Waals surface area contributed by atoms with E-state index in [1.165, 1.54) is 0 Å². The van der Waals surface area contributed by atoms with Crippen molar-refractivity contribution in [2.45, 2.75) is 52.4 Å². The molecule has 0 unspecified atom stereocenters. The second kappa shape index (κ2) is 7.73. The first kappa shape index (κ1) is 20.8. The van der Waals surface area contributed by atoms with Gasteiger partial charge in [-0.15, -0.1) is 0 Å². The minimum Gasteiger partial charge on any atom is -0.416 e. The first-order chi connectivity index (χ1) is 10.4. The number of rotatable bonds is 8. The standard InChI is InChI=1S/C16H32O3Si4/c1-10-15-11-13-16(14-12-15)23(17-20(2)3,18-21(4,5)6)19-22(7,8)9/h10-14,20H,1H2,2-9H3. The zero-order valence-electron chi connectivity index (χ0n) is 15.9. The van der Waals surface area contributed by atoms with E-state index in [4.69, 9.17) is 12.3 Å². The van der Waals surface area contributed by atoms with Gasteiger partial charge in [-0.1, -0.05) is 36.9 Å². The quantitative estimate of drug-likeness (QED) is 0.629. The fourth-order valence-corrected chi connectivity index (χ4v) is 15.0. The van der Waals surface area contributed by atoms with Crippen molar-refractivity contribution in [3.8, 4) is 0 Å². The lowest BCUT2D eigenvalue weighted by atomic mass is 10.2. The minimum absolute atomic E-state index is 1.08. The predicted molar refractivity (Wildman–Crippen MR) is 111 cm³/mol. The Morgan fingerprint density at radius 1 is 0.870 bits per heavy atom. The second-order valence-electron chi connectivity index (χ2n) is 7.98. The fourth-order valence-electron chi connectivity index (χ4n) is 2.19. The van der Waals surface area contributed by atoms with E-state index in [0.717, 1.165) is 10.8 Å². The van der Waals surface area contributed by atoms with Crippen LogP contribution in [-0.4, -0.2) is 34.5 Å². The molecule has 3 nitrogen and oxygen atoms in total. The molecule has 1 aromatic carbocycles. The molecule has 1 rings (SSSR count). The van der Waals surface area contributed by atoms with Gasteiger partial charge in [0.1, 0.15) is 0 Å². The molecule has 0 aliphatic heterocycles. The summed E-state index contributed by atoms with van der Waals surface area (Å²) in [4.78, 5) is 0. The molecule has 0 heterocycles. The highest BCUT2D eigenvalue weighted by Gasteiger charge is 2.49. The number of hydrogen-bond donors (Lipinski definition) is 0. The van der Waals surface area contributed by atoms with Crippen molar-refractivity contribution in [3.63, 3.8) is 0 Å². The lowest BCUT2D eigenvalue weighted by molar-refractivity contribution is 0.278. The van der Waals surface area contributed by atoms with Gasteiger partial charge in [0.05, 0.1) is 0 Å². The van der Waals surface area contributed by atoms with Crippen LogP contribution in [-0.2, 0) is 12.3 Å². The van der Waals surface area contributed by atoms with Crippen molar-refractivity contribution in [3.05, 3.63) is 36.4 Å². The predicted octanol–water partition coefficient (Wildman–Crippen LogP) is 4.18. The van der Waals surface area contributed by atoms with Crippen molar-refractivity contribution in [2.24, 2.45) is 0 Å². The maximum atomic E-state index is 6.65. The molecular formula is C16H32O3Si4. The van der Waals surface area contributed by atoms with Gasteiger partial charge in [-0.2, -0.15) is 0 Å². The van der Waals surface area contributed by atoms with Gasteiger partial charge in [-0.05, 0) is 57.9 Å². The minimum atomic E-state index is -2.89. The van der Waals surface area contributed by atoms with E-state index in [2.05, 4.69) is 83.2 Å². The van der Waals surface area contributed by atoms with E-state index < -0.39 is 34.5 Å². The van der Waals surface area contributed by atoms with Crippen LogP contribution in [0.15, 0.2) is 30.8 Å². The summed E-state index contributed by atoms with van der Waals surface area (Å²) in [5.41, 5.74) is 1.10. The molecule has 7 heteroatoms. The molecule has 0 aromatic heterocycles. The zero-order valence-corrected chi connectivity index (χ0v) is 20.1. The molecule has 0 fully saturated rings. The van der Waals surface area contributed by atoms with Gasteiger partial charge in [-0.3, -0.25) is 0 Å². The van der Waals surface area contributed by atoms with Crippen molar-refractivity contribution in [1.82, 2.24) is 0 Å². The molecule has 0 saturated heterocycles. The topological polar surface area (TPSA) is 27.7 Å². The summed E-state index contributed by atoms with van der Waals surface area (Å²) in [5, 5.41) is 1.08. The molecule has 0 radical (unpaired) electrons. The molecule has 0 atom stereocenters. The third kappa shape index (κ3) is 7.00. The van der Waals surface area contributed by atoms with Crippen LogP contribution in [0.1, 0.15) is 5.56 Å². The second-order valence-corrected chi connectivity index (χ2v) is 22.8. The summed E-state index contributed by atoms with van der Waals surface area (Å²) >= 11 is 0. The monoisotopic (exact) mass is 384 g/mol. The fraction of sp³-hybridized carbons (Fsp3) is 0.500. The van der Waals surface area contributed by atoms with Gasteiger partial charge in [0.25, 0.3) is 0 Å². The average Bonchev–Trinajstić information content (AvgIpc) is 2.33. The number of benzene rings is 1. The van der Waals surface area contributed by atoms with E-state index in [9.17, 15) is 0 Å². The van der Waals surface area contributed by atoms with E-state index in [-0.39, 0.29) is 0 Å². The molecule has 1 aromatic rings. The van der Waals surface area contributed by atoms with Crippen LogP contribution in [0.2, 0.25) is 52.4 Å². The Balaban J connectivity index is 3.41. The van der Waals surface area contributed by atoms with E-state index in [1.807, 2.05) is 6.08 Å². The van der Waals surface area contributed by atoms with Crippen LogP contribution in [0.25, 0.3) is 6.08 Å². The van der Waals surface area contributed by atoms with Crippen LogP contribution in [0.3, 0.4) is 0 Å². The summed E-state index contributed by atoms with van der Waals surface area (Å²) in [5.74, 6) is 0. The van der Waals surface area contributed by atoms with Gasteiger partial charge in [0.2, 0.25) is 0 Å². The molecule has 0 N–H and O–H groups in total. The maximum Gasteiger partial charge on any atom is 0.505 e. The Labute approximate surface area is 147 Å². The van der Waals surface area contributed by atoms with E-state index in [0.29, 0.717) is 0 Å². The SMILES string of the molecule is C=Cc1ccc([Si](O[SiH](C)C)(O[Si](C)(C)C)O[Si](C)(C)C)cc1. The molecule has 0 saturated carbocycles. The van der Waals surface area contributed by atoms with Crippen molar-refractivity contribution < 1.29 is 12.3 Å². The lowest BCUT2D eigenvalue weighted by Crippen LogP contribution is -2.65. The van der Waals surface area contributed by atoms with Gasteiger partial charge in [0.15, 0.2) is 25.7 Å². The largest absolute Gasteiger partial charge is 0.505 e. The summed E-state index contributed by atoms with van der Waals surface area (Å²) in [6.07, 6.45) is 1.85. The summed E-state index contributed by atoms with van der Waals surface area (Å²) in [6.45, 7) is 21.4. The average molecular weight is 385 g/mol. The highest BCUT2D eigenvalue weighted by molar-refractivity contribution is 6.93. The summed E-state index contributed by atoms with van der Waals surface area (Å²) in [6, 6.07) is 8.33. The van der Waals surface area contributed by atoms with Crippen molar-refractivity contribution in [2.75, 3.05) is 0 Å². The van der Waals surface area contributed by atoms with Gasteiger partial charge < -0.3 is 12.3 Å². The van der Waals surface area contributed by atoms with Crippen molar-refractivity contribution >= 4 is 45.7 Å².